The zero-order valence-corrected chi connectivity index (χ0v) is 11.1. The van der Waals surface area contributed by atoms with Crippen molar-refractivity contribution in [1.29, 1.82) is 0 Å². The third-order valence-electron chi connectivity index (χ3n) is 3.81. The number of nitrogens with two attached hydrogens (primary N) is 1. The maximum atomic E-state index is 10.3. The average molecular weight is 255 g/mol. The third kappa shape index (κ3) is 3.76. The fourth-order valence-electron chi connectivity index (χ4n) is 2.45. The van der Waals surface area contributed by atoms with Gasteiger partial charge < -0.3 is 26.2 Å². The monoisotopic (exact) mass is 255 g/mol. The Labute approximate surface area is 109 Å². The van der Waals surface area contributed by atoms with Gasteiger partial charge in [-0.25, -0.2) is 0 Å². The lowest BCUT2D eigenvalue weighted by atomic mass is 9.92. The van der Waals surface area contributed by atoms with Crippen LogP contribution in [0, 0.1) is 0 Å². The molecule has 0 radical (unpaired) electrons. The van der Waals surface area contributed by atoms with E-state index in [2.05, 4.69) is 10.6 Å². The van der Waals surface area contributed by atoms with E-state index in [4.69, 9.17) is 10.5 Å². The highest BCUT2D eigenvalue weighted by Crippen LogP contribution is 2.17. The van der Waals surface area contributed by atoms with Crippen molar-refractivity contribution in [3.63, 3.8) is 0 Å². The molecule has 0 aromatic heterocycles. The highest BCUT2D eigenvalue weighted by Gasteiger charge is 2.29. The molecule has 18 heavy (non-hydrogen) atoms. The number of rotatable bonds is 4. The first-order valence-corrected chi connectivity index (χ1v) is 6.82. The summed E-state index contributed by atoms with van der Waals surface area (Å²) in [5.74, 6) is 0. The van der Waals surface area contributed by atoms with Crippen molar-refractivity contribution in [3.05, 3.63) is 12.2 Å². The van der Waals surface area contributed by atoms with Gasteiger partial charge in [0.1, 0.15) is 0 Å². The van der Waals surface area contributed by atoms with E-state index >= 15 is 0 Å². The predicted octanol–water partition coefficient (Wildman–Crippen LogP) is -0.639. The fourth-order valence-corrected chi connectivity index (χ4v) is 2.45. The lowest BCUT2D eigenvalue weighted by molar-refractivity contribution is -0.00717. The summed E-state index contributed by atoms with van der Waals surface area (Å²) < 4.78 is 5.75. The maximum Gasteiger partial charge on any atom is 0.0885 e. The fraction of sp³-hybridized carbons (Fsp3) is 0.846. The second-order valence-corrected chi connectivity index (χ2v) is 5.45. The number of aliphatic hydroxyl groups is 1. The van der Waals surface area contributed by atoms with Crippen molar-refractivity contribution >= 4 is 0 Å². The first-order chi connectivity index (χ1) is 8.59. The number of nitrogens with one attached hydrogen (secondary N) is 2. The van der Waals surface area contributed by atoms with E-state index in [1.807, 2.05) is 19.1 Å². The average Bonchev–Trinajstić information content (AvgIpc) is 2.34. The molecule has 1 saturated heterocycles. The van der Waals surface area contributed by atoms with Crippen LogP contribution >= 0.6 is 0 Å². The van der Waals surface area contributed by atoms with Crippen LogP contribution in [-0.2, 0) is 4.74 Å². The van der Waals surface area contributed by atoms with Crippen LogP contribution in [0.5, 0.6) is 0 Å². The van der Waals surface area contributed by atoms with Gasteiger partial charge in [-0.2, -0.15) is 0 Å². The molecular formula is C13H25N3O2. The standard InChI is InChI=1S/C13H25N3O2/c1-10-12(14)3-2-11(18-10)8-16-9-13(17)4-6-15-7-5-13/h2-3,10-12,15-17H,4-9,14H2,1H3. The molecule has 3 unspecified atom stereocenters. The smallest absolute Gasteiger partial charge is 0.0885 e. The molecule has 2 aliphatic heterocycles. The predicted molar refractivity (Wildman–Crippen MR) is 71.4 cm³/mol. The van der Waals surface area contributed by atoms with Gasteiger partial charge in [-0.3, -0.25) is 0 Å². The Hall–Kier alpha value is -0.460. The van der Waals surface area contributed by atoms with Crippen molar-refractivity contribution in [2.45, 2.75) is 43.6 Å². The molecule has 2 rings (SSSR count). The molecule has 3 atom stereocenters. The van der Waals surface area contributed by atoms with Crippen molar-refractivity contribution in [2.75, 3.05) is 26.2 Å². The van der Waals surface area contributed by atoms with Gasteiger partial charge in [0.15, 0.2) is 0 Å². The number of piperidine rings is 1. The van der Waals surface area contributed by atoms with Gasteiger partial charge in [0, 0.05) is 19.1 Å². The molecule has 5 nitrogen and oxygen atoms in total. The SMILES string of the molecule is CC1OC(CNCC2(O)CCNCC2)C=CC1N. The normalized spacial score (nSPS) is 35.6. The molecule has 0 aliphatic carbocycles. The van der Waals surface area contributed by atoms with Crippen LogP contribution in [0.4, 0.5) is 0 Å². The largest absolute Gasteiger partial charge is 0.388 e. The Kier molecular flexibility index (Phi) is 4.75. The summed E-state index contributed by atoms with van der Waals surface area (Å²) in [6, 6.07) is -0.00477. The zero-order valence-electron chi connectivity index (χ0n) is 11.1. The van der Waals surface area contributed by atoms with Gasteiger partial charge in [-0.15, -0.1) is 0 Å². The highest BCUT2D eigenvalue weighted by atomic mass is 16.5. The van der Waals surface area contributed by atoms with Crippen LogP contribution in [0.2, 0.25) is 0 Å². The second kappa shape index (κ2) is 6.12. The summed E-state index contributed by atoms with van der Waals surface area (Å²) in [6.45, 7) is 5.13. The molecule has 2 heterocycles. The zero-order chi connectivity index (χ0) is 13.0. The van der Waals surface area contributed by atoms with Crippen LogP contribution in [0.3, 0.4) is 0 Å². The van der Waals surface area contributed by atoms with E-state index in [0.29, 0.717) is 6.54 Å². The molecule has 0 aromatic rings. The van der Waals surface area contributed by atoms with Gasteiger partial charge >= 0.3 is 0 Å². The van der Waals surface area contributed by atoms with Gasteiger partial charge in [0.2, 0.25) is 0 Å². The van der Waals surface area contributed by atoms with E-state index in [9.17, 15) is 5.11 Å². The van der Waals surface area contributed by atoms with Crippen molar-refractivity contribution in [1.82, 2.24) is 10.6 Å². The summed E-state index contributed by atoms with van der Waals surface area (Å²) in [4.78, 5) is 0. The molecule has 0 amide bonds. The van der Waals surface area contributed by atoms with Crippen LogP contribution in [0.25, 0.3) is 0 Å². The van der Waals surface area contributed by atoms with Crippen LogP contribution in [0.1, 0.15) is 19.8 Å². The van der Waals surface area contributed by atoms with E-state index in [1.54, 1.807) is 0 Å². The van der Waals surface area contributed by atoms with Crippen molar-refractivity contribution < 1.29 is 9.84 Å². The molecule has 1 fully saturated rings. The molecule has 0 spiro atoms. The van der Waals surface area contributed by atoms with Gasteiger partial charge in [0.25, 0.3) is 0 Å². The Balaban J connectivity index is 1.70. The van der Waals surface area contributed by atoms with Crippen LogP contribution in [0.15, 0.2) is 12.2 Å². The summed E-state index contributed by atoms with van der Waals surface area (Å²) in [5.41, 5.74) is 5.26. The summed E-state index contributed by atoms with van der Waals surface area (Å²) in [7, 11) is 0. The lowest BCUT2D eigenvalue weighted by Crippen LogP contribution is -2.50. The quantitative estimate of drug-likeness (QED) is 0.503. The van der Waals surface area contributed by atoms with Gasteiger partial charge in [-0.1, -0.05) is 12.2 Å². The molecular weight excluding hydrogens is 230 g/mol. The minimum absolute atomic E-state index is 0.00477. The van der Waals surface area contributed by atoms with Crippen molar-refractivity contribution in [2.24, 2.45) is 5.73 Å². The van der Waals surface area contributed by atoms with Gasteiger partial charge in [0.05, 0.1) is 17.8 Å². The first-order valence-electron chi connectivity index (χ1n) is 6.82. The minimum Gasteiger partial charge on any atom is -0.388 e. The Morgan fingerprint density at radius 3 is 2.83 bits per heavy atom. The maximum absolute atomic E-state index is 10.3. The number of hydrogen-bond acceptors (Lipinski definition) is 5. The third-order valence-corrected chi connectivity index (χ3v) is 3.81. The highest BCUT2D eigenvalue weighted by molar-refractivity contribution is 5.04. The molecule has 5 heteroatoms. The summed E-state index contributed by atoms with van der Waals surface area (Å²) in [5, 5.41) is 16.9. The summed E-state index contributed by atoms with van der Waals surface area (Å²) in [6.07, 6.45) is 5.74. The Morgan fingerprint density at radius 2 is 2.17 bits per heavy atom. The Morgan fingerprint density at radius 1 is 1.44 bits per heavy atom. The van der Waals surface area contributed by atoms with E-state index in [0.717, 1.165) is 32.5 Å². The molecule has 104 valence electrons. The molecule has 5 N–H and O–H groups in total. The van der Waals surface area contributed by atoms with Crippen LogP contribution < -0.4 is 16.4 Å². The second-order valence-electron chi connectivity index (χ2n) is 5.45. The van der Waals surface area contributed by atoms with Crippen molar-refractivity contribution in [3.8, 4) is 0 Å². The topological polar surface area (TPSA) is 79.5 Å². The first kappa shape index (κ1) is 14.0. The van der Waals surface area contributed by atoms with Gasteiger partial charge in [-0.05, 0) is 32.9 Å². The number of ether oxygens (including phenoxy) is 1. The van der Waals surface area contributed by atoms with E-state index in [1.165, 1.54) is 0 Å². The van der Waals surface area contributed by atoms with E-state index in [-0.39, 0.29) is 18.2 Å². The van der Waals surface area contributed by atoms with Crippen LogP contribution in [-0.4, -0.2) is 55.1 Å². The number of hydrogen-bond donors (Lipinski definition) is 4. The summed E-state index contributed by atoms with van der Waals surface area (Å²) >= 11 is 0. The molecule has 0 aromatic carbocycles. The molecule has 0 saturated carbocycles. The molecule has 0 bridgehead atoms. The minimum atomic E-state index is -0.564. The lowest BCUT2D eigenvalue weighted by Gasteiger charge is -2.34. The van der Waals surface area contributed by atoms with E-state index < -0.39 is 5.60 Å². The Bertz CT molecular complexity index is 290. The molecule has 2 aliphatic rings.